The molecule has 1 amide bonds. The van der Waals surface area contributed by atoms with Gasteiger partial charge in [0.1, 0.15) is 4.88 Å². The van der Waals surface area contributed by atoms with Crippen molar-refractivity contribution < 1.29 is 18.0 Å². The third-order valence-corrected chi connectivity index (χ3v) is 5.18. The second-order valence-electron chi connectivity index (χ2n) is 6.07. The number of hydrogen-bond donors (Lipinski definition) is 1. The predicted octanol–water partition coefficient (Wildman–Crippen LogP) is 3.61. The summed E-state index contributed by atoms with van der Waals surface area (Å²) < 4.78 is 39.8. The highest BCUT2D eigenvalue weighted by molar-refractivity contribution is 7.11. The monoisotopic (exact) mass is 407 g/mol. The second-order valence-corrected chi connectivity index (χ2v) is 7.03. The van der Waals surface area contributed by atoms with Gasteiger partial charge in [0.25, 0.3) is 5.91 Å². The van der Waals surface area contributed by atoms with Crippen LogP contribution in [0.1, 0.15) is 32.2 Å². The SMILES string of the molecule is Cc1c(C(=O)NCc2cccc(C(F)(F)F)c2)sc(=O)n1Cc1ccccn1. The first kappa shape index (κ1) is 19.8. The summed E-state index contributed by atoms with van der Waals surface area (Å²) in [6, 6.07) is 10.1. The molecule has 0 aliphatic rings. The Bertz CT molecular complexity index is 1040. The molecule has 5 nitrogen and oxygen atoms in total. The number of pyridine rings is 1. The molecular formula is C19H16F3N3O2S. The van der Waals surface area contributed by atoms with E-state index >= 15 is 0 Å². The van der Waals surface area contributed by atoms with Gasteiger partial charge in [-0.2, -0.15) is 13.2 Å². The first-order valence-corrected chi connectivity index (χ1v) is 9.12. The highest BCUT2D eigenvalue weighted by Gasteiger charge is 2.30. The van der Waals surface area contributed by atoms with E-state index in [-0.39, 0.29) is 22.8 Å². The third kappa shape index (κ3) is 4.48. The molecule has 0 unspecified atom stereocenters. The zero-order valence-corrected chi connectivity index (χ0v) is 15.6. The lowest BCUT2D eigenvalue weighted by atomic mass is 10.1. The van der Waals surface area contributed by atoms with Crippen LogP contribution in [0.3, 0.4) is 0 Å². The molecule has 1 aromatic carbocycles. The topological polar surface area (TPSA) is 64.0 Å². The van der Waals surface area contributed by atoms with E-state index in [0.717, 1.165) is 23.5 Å². The number of carbonyl (C=O) groups is 1. The summed E-state index contributed by atoms with van der Waals surface area (Å²) in [5.74, 6) is -0.503. The van der Waals surface area contributed by atoms with Crippen molar-refractivity contribution in [2.45, 2.75) is 26.2 Å². The maximum atomic E-state index is 12.8. The van der Waals surface area contributed by atoms with E-state index in [2.05, 4.69) is 10.3 Å². The van der Waals surface area contributed by atoms with Crippen molar-refractivity contribution in [1.82, 2.24) is 14.9 Å². The maximum absolute atomic E-state index is 12.8. The molecule has 0 radical (unpaired) electrons. The number of benzene rings is 1. The molecule has 0 aliphatic carbocycles. The Labute approximate surface area is 162 Å². The Hall–Kier alpha value is -2.94. The van der Waals surface area contributed by atoms with Gasteiger partial charge in [-0.05, 0) is 36.8 Å². The van der Waals surface area contributed by atoms with Crippen LogP contribution < -0.4 is 10.2 Å². The first-order chi connectivity index (χ1) is 13.3. The standard InChI is InChI=1S/C19H16F3N3O2S/c1-12-16(28-18(27)25(12)11-15-7-2-3-8-23-15)17(26)24-10-13-5-4-6-14(9-13)19(20,21)22/h2-9H,10-11H2,1H3,(H,24,26). The summed E-state index contributed by atoms with van der Waals surface area (Å²) in [6.45, 7) is 1.82. The molecule has 1 N–H and O–H groups in total. The fourth-order valence-corrected chi connectivity index (χ4v) is 3.55. The van der Waals surface area contributed by atoms with Crippen molar-refractivity contribution in [1.29, 1.82) is 0 Å². The average Bonchev–Trinajstić information content (AvgIpc) is 2.95. The van der Waals surface area contributed by atoms with Crippen LogP contribution in [0.15, 0.2) is 53.5 Å². The van der Waals surface area contributed by atoms with Crippen molar-refractivity contribution in [3.8, 4) is 0 Å². The molecule has 28 heavy (non-hydrogen) atoms. The van der Waals surface area contributed by atoms with E-state index in [1.54, 1.807) is 31.3 Å². The second kappa shape index (κ2) is 7.97. The molecule has 0 spiro atoms. The Morgan fingerprint density at radius 3 is 2.68 bits per heavy atom. The van der Waals surface area contributed by atoms with Crippen molar-refractivity contribution in [3.05, 3.63) is 85.7 Å². The minimum Gasteiger partial charge on any atom is -0.347 e. The van der Waals surface area contributed by atoms with Gasteiger partial charge in [0.05, 0.1) is 17.8 Å². The van der Waals surface area contributed by atoms with E-state index in [0.29, 0.717) is 17.0 Å². The van der Waals surface area contributed by atoms with Gasteiger partial charge < -0.3 is 5.32 Å². The summed E-state index contributed by atoms with van der Waals surface area (Å²) >= 11 is 0.798. The van der Waals surface area contributed by atoms with Crippen LogP contribution in [0.4, 0.5) is 13.2 Å². The minimum atomic E-state index is -4.45. The van der Waals surface area contributed by atoms with Crippen molar-refractivity contribution in [2.75, 3.05) is 0 Å². The fourth-order valence-electron chi connectivity index (χ4n) is 2.64. The van der Waals surface area contributed by atoms with Crippen LogP contribution in [0.2, 0.25) is 0 Å². The van der Waals surface area contributed by atoms with Gasteiger partial charge in [0, 0.05) is 18.4 Å². The molecule has 2 heterocycles. The number of thiazole rings is 1. The minimum absolute atomic E-state index is 0.0749. The Kier molecular flexibility index (Phi) is 5.64. The molecule has 0 fully saturated rings. The van der Waals surface area contributed by atoms with Crippen LogP contribution in [0.25, 0.3) is 0 Å². The molecule has 2 aromatic heterocycles. The molecule has 0 aliphatic heterocycles. The number of hydrogen-bond acceptors (Lipinski definition) is 4. The zero-order valence-electron chi connectivity index (χ0n) is 14.8. The van der Waals surface area contributed by atoms with Crippen molar-refractivity contribution in [3.63, 3.8) is 0 Å². The lowest BCUT2D eigenvalue weighted by Gasteiger charge is -2.10. The van der Waals surface area contributed by atoms with Gasteiger partial charge >= 0.3 is 11.0 Å². The molecule has 9 heteroatoms. The number of amides is 1. The highest BCUT2D eigenvalue weighted by Crippen LogP contribution is 2.29. The van der Waals surface area contributed by atoms with Gasteiger partial charge in [-0.1, -0.05) is 29.5 Å². The summed E-state index contributed by atoms with van der Waals surface area (Å²) in [7, 11) is 0. The number of carbonyl (C=O) groups excluding carboxylic acids is 1. The van der Waals surface area contributed by atoms with E-state index in [1.165, 1.54) is 16.7 Å². The summed E-state index contributed by atoms with van der Waals surface area (Å²) in [6.07, 6.45) is -2.83. The average molecular weight is 407 g/mol. The number of alkyl halides is 3. The molecule has 3 rings (SSSR count). The summed E-state index contributed by atoms with van der Waals surface area (Å²) in [5, 5.41) is 2.58. The Morgan fingerprint density at radius 1 is 1.21 bits per heavy atom. The van der Waals surface area contributed by atoms with Gasteiger partial charge in [-0.15, -0.1) is 0 Å². The van der Waals surface area contributed by atoms with Gasteiger partial charge in [0.15, 0.2) is 0 Å². The zero-order chi connectivity index (χ0) is 20.3. The van der Waals surface area contributed by atoms with Crippen LogP contribution in [-0.4, -0.2) is 15.5 Å². The number of halogens is 3. The van der Waals surface area contributed by atoms with Crippen LogP contribution >= 0.6 is 11.3 Å². The summed E-state index contributed by atoms with van der Waals surface area (Å²) in [5.41, 5.74) is 0.714. The Morgan fingerprint density at radius 2 is 2.00 bits per heavy atom. The maximum Gasteiger partial charge on any atom is 0.416 e. The van der Waals surface area contributed by atoms with Crippen molar-refractivity contribution >= 4 is 17.2 Å². The Balaban J connectivity index is 1.73. The van der Waals surface area contributed by atoms with Crippen molar-refractivity contribution in [2.24, 2.45) is 0 Å². The van der Waals surface area contributed by atoms with E-state index in [4.69, 9.17) is 0 Å². The van der Waals surface area contributed by atoms with Gasteiger partial charge in [0.2, 0.25) is 0 Å². The van der Waals surface area contributed by atoms with Crippen LogP contribution in [0.5, 0.6) is 0 Å². The smallest absolute Gasteiger partial charge is 0.347 e. The molecule has 3 aromatic rings. The molecule has 0 bridgehead atoms. The van der Waals surface area contributed by atoms with E-state index in [9.17, 15) is 22.8 Å². The fraction of sp³-hybridized carbons (Fsp3) is 0.211. The summed E-state index contributed by atoms with van der Waals surface area (Å²) in [4.78, 5) is 28.8. The molecule has 0 atom stereocenters. The highest BCUT2D eigenvalue weighted by atomic mass is 32.1. The lowest BCUT2D eigenvalue weighted by molar-refractivity contribution is -0.137. The molecule has 0 saturated carbocycles. The quantitative estimate of drug-likeness (QED) is 0.703. The normalized spacial score (nSPS) is 11.4. The number of rotatable bonds is 5. The molecule has 0 saturated heterocycles. The van der Waals surface area contributed by atoms with Crippen LogP contribution in [0, 0.1) is 6.92 Å². The lowest BCUT2D eigenvalue weighted by Crippen LogP contribution is -2.23. The predicted molar refractivity (Wildman–Crippen MR) is 99.3 cm³/mol. The molecular weight excluding hydrogens is 391 g/mol. The number of aromatic nitrogens is 2. The van der Waals surface area contributed by atoms with E-state index in [1.807, 2.05) is 0 Å². The number of nitrogens with zero attached hydrogens (tertiary/aromatic N) is 2. The largest absolute Gasteiger partial charge is 0.416 e. The number of nitrogens with one attached hydrogen (secondary N) is 1. The third-order valence-electron chi connectivity index (χ3n) is 4.10. The van der Waals surface area contributed by atoms with Gasteiger partial charge in [-0.3, -0.25) is 19.1 Å². The molecule has 146 valence electrons. The van der Waals surface area contributed by atoms with E-state index < -0.39 is 17.6 Å². The first-order valence-electron chi connectivity index (χ1n) is 8.30. The van der Waals surface area contributed by atoms with Crippen LogP contribution in [-0.2, 0) is 19.3 Å². The van der Waals surface area contributed by atoms with Gasteiger partial charge in [-0.25, -0.2) is 0 Å².